The average molecular weight is 843 g/mol. The first-order valence-corrected chi connectivity index (χ1v) is 21.0. The number of unbranched alkanes of at least 4 members (excludes halogenated alkanes) is 2. The van der Waals surface area contributed by atoms with Gasteiger partial charge in [-0.25, -0.2) is 4.79 Å². The highest BCUT2D eigenvalue weighted by molar-refractivity contribution is 5.96. The van der Waals surface area contributed by atoms with Crippen molar-refractivity contribution < 1.29 is 33.9 Å². The fourth-order valence-corrected chi connectivity index (χ4v) is 6.69. The number of hydrogen-bond donors (Lipinski definition) is 12. The number of aliphatic imine (C=N–C) groups is 1. The second-order valence-electron chi connectivity index (χ2n) is 16.1. The number of rotatable bonds is 29. The number of fused-ring (bicyclic) bond motifs is 1. The van der Waals surface area contributed by atoms with Crippen molar-refractivity contribution >= 4 is 52.4 Å². The highest BCUT2D eigenvalue weighted by Crippen LogP contribution is 2.19. The van der Waals surface area contributed by atoms with Crippen LogP contribution in [0.3, 0.4) is 0 Å². The molecule has 0 aliphatic rings. The minimum Gasteiger partial charge on any atom is -0.480 e. The minimum absolute atomic E-state index is 0.0304. The molecule has 336 valence electrons. The Morgan fingerprint density at radius 1 is 0.650 bits per heavy atom. The summed E-state index contributed by atoms with van der Waals surface area (Å²) in [4.78, 5) is 87.9. The largest absolute Gasteiger partial charge is 0.480 e. The maximum atomic E-state index is 14.1. The van der Waals surface area contributed by atoms with Crippen molar-refractivity contribution in [3.63, 3.8) is 0 Å². The molecule has 1 aromatic heterocycles. The molecule has 1 heterocycles. The Balaban J connectivity index is 2.33. The van der Waals surface area contributed by atoms with E-state index in [9.17, 15) is 33.9 Å². The van der Waals surface area contributed by atoms with E-state index in [0.29, 0.717) is 38.8 Å². The molecule has 0 bridgehead atoms. The number of hydrogen-bond acceptors (Lipinski definition) is 10. The van der Waals surface area contributed by atoms with Gasteiger partial charge in [0.25, 0.3) is 0 Å². The highest BCUT2D eigenvalue weighted by atomic mass is 16.4. The van der Waals surface area contributed by atoms with Gasteiger partial charge < -0.3 is 65.3 Å². The summed E-state index contributed by atoms with van der Waals surface area (Å²) in [6.07, 6.45) is 5.06. The first kappa shape index (κ1) is 50.9. The smallest absolute Gasteiger partial charge is 0.326 e. The number of nitrogens with zero attached hydrogens (tertiary/aromatic N) is 1. The number of nitrogens with one attached hydrogen (secondary N) is 6. The van der Waals surface area contributed by atoms with Gasteiger partial charge in [0.05, 0.1) is 6.04 Å². The lowest BCUT2D eigenvalue weighted by Gasteiger charge is -2.28. The third-order valence-electron chi connectivity index (χ3n) is 9.85. The Bertz CT molecular complexity index is 1710. The summed E-state index contributed by atoms with van der Waals surface area (Å²) < 4.78 is 0. The SMILES string of the molecule is CC(C)CC(NC(=O)C(CCCCN)NC(=O)C(CCCCN)NC(=O)C(CCCN=C(N)N)NC(=O)C(CC(C)C)NC(=O)C(N)Cc1c[nH]c2ccccc12)C(=O)O. The molecule has 0 saturated carbocycles. The quantitative estimate of drug-likeness (QED) is 0.0292. The van der Waals surface area contributed by atoms with E-state index in [1.807, 2.05) is 52.0 Å². The van der Waals surface area contributed by atoms with E-state index in [2.05, 4.69) is 36.6 Å². The van der Waals surface area contributed by atoms with Gasteiger partial charge in [-0.1, -0.05) is 45.9 Å². The number of aromatic amines is 1. The molecule has 0 fully saturated rings. The summed E-state index contributed by atoms with van der Waals surface area (Å²) in [6, 6.07) is 0.942. The molecule has 19 heteroatoms. The Hall–Kier alpha value is -5.27. The van der Waals surface area contributed by atoms with E-state index in [0.717, 1.165) is 16.5 Å². The van der Waals surface area contributed by atoms with Crippen LogP contribution in [0.1, 0.15) is 97.5 Å². The predicted molar refractivity (Wildman–Crippen MR) is 232 cm³/mol. The van der Waals surface area contributed by atoms with Crippen molar-refractivity contribution in [2.24, 2.45) is 45.5 Å². The first-order chi connectivity index (χ1) is 28.5. The fraction of sp³-hybridized carbons (Fsp3) is 0.634. The molecule has 0 saturated heterocycles. The molecule has 60 heavy (non-hydrogen) atoms. The minimum atomic E-state index is -1.20. The summed E-state index contributed by atoms with van der Waals surface area (Å²) in [5.74, 6) is -4.65. The number of benzene rings is 1. The zero-order valence-electron chi connectivity index (χ0n) is 35.6. The van der Waals surface area contributed by atoms with E-state index in [4.69, 9.17) is 28.7 Å². The molecule has 2 rings (SSSR count). The van der Waals surface area contributed by atoms with Crippen molar-refractivity contribution in [3.8, 4) is 0 Å². The van der Waals surface area contributed by atoms with Crippen LogP contribution < -0.4 is 55.3 Å². The maximum Gasteiger partial charge on any atom is 0.326 e. The molecule has 2 aromatic rings. The maximum absolute atomic E-state index is 14.1. The summed E-state index contributed by atoms with van der Waals surface area (Å²) in [5.41, 5.74) is 30.5. The molecule has 1 aromatic carbocycles. The van der Waals surface area contributed by atoms with Crippen LogP contribution in [0.5, 0.6) is 0 Å². The number of guanidine groups is 1. The zero-order valence-corrected chi connectivity index (χ0v) is 35.6. The molecule has 0 aliphatic carbocycles. The molecule has 0 aliphatic heterocycles. The second kappa shape index (κ2) is 26.8. The number of H-pyrrole nitrogens is 1. The fourth-order valence-electron chi connectivity index (χ4n) is 6.69. The molecule has 0 radical (unpaired) electrons. The number of nitrogens with two attached hydrogens (primary N) is 5. The van der Waals surface area contributed by atoms with E-state index < -0.39 is 71.8 Å². The Kier molecular flexibility index (Phi) is 22.7. The summed E-state index contributed by atoms with van der Waals surface area (Å²) in [5, 5.41) is 24.3. The van der Waals surface area contributed by atoms with Crippen molar-refractivity contribution in [2.75, 3.05) is 19.6 Å². The first-order valence-electron chi connectivity index (χ1n) is 21.0. The molecule has 0 spiro atoms. The lowest BCUT2D eigenvalue weighted by Crippen LogP contribution is -2.59. The summed E-state index contributed by atoms with van der Waals surface area (Å²) >= 11 is 0. The standard InChI is InChI=1S/C41H70N12O7/c1-24(2)20-33(52-35(54)28(44)22-26-23-48-29-13-6-5-12-27(26)29)39(58)51-32(16-11-19-47-41(45)46)37(56)49-30(14-7-9-17-42)36(55)50-31(15-8-10-18-43)38(57)53-34(40(59)60)21-25(3)4/h5-6,12-13,23-25,28,30-34,48H,7-11,14-22,42-44H2,1-4H3,(H,49,56)(H,50,55)(H,51,58)(H,52,54)(H,53,57)(H,59,60)(H4,45,46,47). The van der Waals surface area contributed by atoms with Crippen LogP contribution in [0.25, 0.3) is 10.9 Å². The summed E-state index contributed by atoms with van der Waals surface area (Å²) in [7, 11) is 0. The average Bonchev–Trinajstić information content (AvgIpc) is 3.59. The Labute approximate surface area is 352 Å². The van der Waals surface area contributed by atoms with Gasteiger partial charge in [0.2, 0.25) is 29.5 Å². The van der Waals surface area contributed by atoms with Crippen LogP contribution >= 0.6 is 0 Å². The van der Waals surface area contributed by atoms with Crippen molar-refractivity contribution in [2.45, 2.75) is 135 Å². The number of aromatic nitrogens is 1. The van der Waals surface area contributed by atoms with Gasteiger partial charge in [-0.15, -0.1) is 0 Å². The normalized spacial score (nSPS) is 14.3. The Morgan fingerprint density at radius 3 is 1.58 bits per heavy atom. The highest BCUT2D eigenvalue weighted by Gasteiger charge is 2.33. The topological polar surface area (TPSA) is 341 Å². The lowest BCUT2D eigenvalue weighted by molar-refractivity contribution is -0.143. The lowest BCUT2D eigenvalue weighted by atomic mass is 10.00. The van der Waals surface area contributed by atoms with Crippen molar-refractivity contribution in [1.82, 2.24) is 31.6 Å². The van der Waals surface area contributed by atoms with Crippen LogP contribution in [0.2, 0.25) is 0 Å². The van der Waals surface area contributed by atoms with Gasteiger partial charge >= 0.3 is 5.97 Å². The van der Waals surface area contributed by atoms with E-state index in [1.165, 1.54) is 0 Å². The predicted octanol–water partition coefficient (Wildman–Crippen LogP) is -0.0499. The third kappa shape index (κ3) is 18.3. The molecular formula is C41H70N12O7. The van der Waals surface area contributed by atoms with Gasteiger partial charge in [0.15, 0.2) is 5.96 Å². The van der Waals surface area contributed by atoms with E-state index in [-0.39, 0.29) is 69.3 Å². The number of amides is 5. The van der Waals surface area contributed by atoms with Gasteiger partial charge in [-0.05, 0) is 107 Å². The van der Waals surface area contributed by atoms with Crippen LogP contribution in [0.4, 0.5) is 0 Å². The summed E-state index contributed by atoms with van der Waals surface area (Å²) in [6.45, 7) is 8.26. The van der Waals surface area contributed by atoms with Gasteiger partial charge in [-0.3, -0.25) is 29.0 Å². The molecule has 19 nitrogen and oxygen atoms in total. The zero-order chi connectivity index (χ0) is 44.8. The van der Waals surface area contributed by atoms with Crippen LogP contribution in [0.15, 0.2) is 35.5 Å². The number of carbonyl (C=O) groups excluding carboxylic acids is 5. The number of carboxylic acids is 1. The number of para-hydroxylation sites is 1. The number of aliphatic carboxylic acids is 1. The second-order valence-corrected chi connectivity index (χ2v) is 16.1. The van der Waals surface area contributed by atoms with E-state index in [1.54, 1.807) is 6.20 Å². The van der Waals surface area contributed by atoms with Gasteiger partial charge in [-0.2, -0.15) is 0 Å². The monoisotopic (exact) mass is 843 g/mol. The van der Waals surface area contributed by atoms with Crippen LogP contribution in [-0.2, 0) is 35.2 Å². The van der Waals surface area contributed by atoms with Crippen molar-refractivity contribution in [1.29, 1.82) is 0 Å². The van der Waals surface area contributed by atoms with Gasteiger partial charge in [0.1, 0.15) is 30.2 Å². The van der Waals surface area contributed by atoms with Crippen LogP contribution in [-0.4, -0.2) is 107 Å². The molecule has 6 atom stereocenters. The number of carboxylic acid groups (broad SMARTS) is 1. The van der Waals surface area contributed by atoms with Crippen LogP contribution in [0, 0.1) is 11.8 Å². The Morgan fingerprint density at radius 2 is 1.10 bits per heavy atom. The molecule has 6 unspecified atom stereocenters. The molecule has 17 N–H and O–H groups in total. The number of carbonyl (C=O) groups is 6. The molecular weight excluding hydrogens is 773 g/mol. The third-order valence-corrected chi connectivity index (χ3v) is 9.85. The van der Waals surface area contributed by atoms with Crippen molar-refractivity contribution in [3.05, 3.63) is 36.0 Å². The van der Waals surface area contributed by atoms with Gasteiger partial charge in [0, 0.05) is 23.6 Å². The van der Waals surface area contributed by atoms with E-state index >= 15 is 0 Å². The molecule has 5 amide bonds.